The summed E-state index contributed by atoms with van der Waals surface area (Å²) in [7, 11) is 0. The molecule has 0 saturated heterocycles. The van der Waals surface area contributed by atoms with Crippen LogP contribution in [-0.4, -0.2) is 26.5 Å². The molecule has 0 aliphatic carbocycles. The summed E-state index contributed by atoms with van der Waals surface area (Å²) >= 11 is 0. The third-order valence-corrected chi connectivity index (χ3v) is 2.74. The minimum absolute atomic E-state index is 0.0220. The normalized spacial score (nSPS) is 12.3. The van der Waals surface area contributed by atoms with Gasteiger partial charge in [0.05, 0.1) is 0 Å². The molecule has 1 unspecified atom stereocenters. The maximum Gasteiger partial charge on any atom is 0.218 e. The van der Waals surface area contributed by atoms with Crippen LogP contribution in [0.1, 0.15) is 24.8 Å². The van der Waals surface area contributed by atoms with Crippen LogP contribution in [0.4, 0.5) is 5.69 Å². The van der Waals surface area contributed by atoms with Crippen LogP contribution in [0.2, 0.25) is 0 Å². The van der Waals surface area contributed by atoms with Crippen LogP contribution in [-0.2, 0) is 4.79 Å². The molecule has 0 saturated carbocycles. The van der Waals surface area contributed by atoms with E-state index in [1.54, 1.807) is 6.07 Å². The van der Waals surface area contributed by atoms with Crippen molar-refractivity contribution in [3.05, 3.63) is 23.8 Å². The van der Waals surface area contributed by atoms with Gasteiger partial charge in [0.2, 0.25) is 11.7 Å². The molecule has 0 aliphatic heterocycles. The third kappa shape index (κ3) is 2.45. The van der Waals surface area contributed by atoms with Crippen LogP contribution in [0, 0.1) is 0 Å². The Morgan fingerprint density at radius 1 is 1.50 bits per heavy atom. The average Bonchev–Trinajstić information content (AvgIpc) is 2.82. The van der Waals surface area contributed by atoms with Crippen LogP contribution in [0.25, 0.3) is 11.4 Å². The summed E-state index contributed by atoms with van der Waals surface area (Å²) in [5.74, 6) is 0.120. The second-order valence-corrected chi connectivity index (χ2v) is 4.15. The van der Waals surface area contributed by atoms with Gasteiger partial charge < -0.3 is 11.5 Å². The fraction of sp³-hybridized carbons (Fsp3) is 0.273. The molecule has 0 aliphatic rings. The summed E-state index contributed by atoms with van der Waals surface area (Å²) in [4.78, 5) is 10.9. The number of benzene rings is 1. The number of nitrogen functional groups attached to an aromatic ring is 1. The number of tetrazole rings is 1. The molecule has 1 aromatic carbocycles. The van der Waals surface area contributed by atoms with Gasteiger partial charge in [-0.1, -0.05) is 13.0 Å². The van der Waals surface area contributed by atoms with Gasteiger partial charge in [-0.15, -0.1) is 10.2 Å². The van der Waals surface area contributed by atoms with E-state index in [0.717, 1.165) is 5.56 Å². The zero-order valence-corrected chi connectivity index (χ0v) is 9.92. The molecule has 5 N–H and O–H groups in total. The summed E-state index contributed by atoms with van der Waals surface area (Å²) in [5.41, 5.74) is 13.3. The topological polar surface area (TPSA) is 124 Å². The molecular formula is C11H14N6O. The third-order valence-electron chi connectivity index (χ3n) is 2.74. The van der Waals surface area contributed by atoms with Crippen molar-refractivity contribution in [1.29, 1.82) is 0 Å². The van der Waals surface area contributed by atoms with E-state index >= 15 is 0 Å². The van der Waals surface area contributed by atoms with Crippen molar-refractivity contribution in [2.24, 2.45) is 5.73 Å². The molecule has 18 heavy (non-hydrogen) atoms. The highest BCUT2D eigenvalue weighted by molar-refractivity contribution is 5.75. The van der Waals surface area contributed by atoms with E-state index in [1.807, 2.05) is 19.1 Å². The Morgan fingerprint density at radius 2 is 2.28 bits per heavy atom. The van der Waals surface area contributed by atoms with Crippen molar-refractivity contribution in [2.45, 2.75) is 19.3 Å². The highest BCUT2D eigenvalue weighted by Crippen LogP contribution is 2.28. The number of carbonyl (C=O) groups excluding carboxylic acids is 1. The van der Waals surface area contributed by atoms with Crippen molar-refractivity contribution >= 4 is 11.6 Å². The number of carbonyl (C=O) groups is 1. The predicted molar refractivity (Wildman–Crippen MR) is 66.3 cm³/mol. The number of aromatic nitrogens is 4. The SMILES string of the molecule is CC(CC(N)=O)c1ccc(N)c(-c2nn[nH]n2)c1. The minimum atomic E-state index is -0.333. The van der Waals surface area contributed by atoms with Crippen LogP contribution >= 0.6 is 0 Å². The number of amides is 1. The molecular weight excluding hydrogens is 232 g/mol. The lowest BCUT2D eigenvalue weighted by atomic mass is 9.95. The summed E-state index contributed by atoms with van der Waals surface area (Å²) in [5, 5.41) is 13.7. The van der Waals surface area contributed by atoms with Gasteiger partial charge in [0.15, 0.2) is 0 Å². The molecule has 1 atom stereocenters. The Kier molecular flexibility index (Phi) is 3.22. The zero-order valence-electron chi connectivity index (χ0n) is 9.92. The number of nitrogens with one attached hydrogen (secondary N) is 1. The lowest BCUT2D eigenvalue weighted by Gasteiger charge is -2.11. The summed E-state index contributed by atoms with van der Waals surface area (Å²) < 4.78 is 0. The Morgan fingerprint density at radius 3 is 2.89 bits per heavy atom. The molecule has 0 radical (unpaired) electrons. The van der Waals surface area contributed by atoms with Crippen molar-refractivity contribution in [1.82, 2.24) is 20.6 Å². The first kappa shape index (κ1) is 12.0. The first-order valence-electron chi connectivity index (χ1n) is 5.49. The molecule has 1 amide bonds. The molecule has 7 nitrogen and oxygen atoms in total. The Hall–Kier alpha value is -2.44. The molecule has 7 heteroatoms. The quantitative estimate of drug-likeness (QED) is 0.675. The van der Waals surface area contributed by atoms with Gasteiger partial charge in [-0.2, -0.15) is 5.21 Å². The van der Waals surface area contributed by atoms with E-state index in [9.17, 15) is 4.79 Å². The average molecular weight is 246 g/mol. The van der Waals surface area contributed by atoms with E-state index < -0.39 is 0 Å². The number of aromatic amines is 1. The van der Waals surface area contributed by atoms with Gasteiger partial charge in [-0.05, 0) is 28.8 Å². The lowest BCUT2D eigenvalue weighted by Crippen LogP contribution is -2.13. The van der Waals surface area contributed by atoms with Gasteiger partial charge in [0.1, 0.15) is 0 Å². The minimum Gasteiger partial charge on any atom is -0.398 e. The zero-order chi connectivity index (χ0) is 13.1. The summed E-state index contributed by atoms with van der Waals surface area (Å²) in [6, 6.07) is 5.48. The number of hydrogen-bond acceptors (Lipinski definition) is 5. The lowest BCUT2D eigenvalue weighted by molar-refractivity contribution is -0.118. The highest BCUT2D eigenvalue weighted by Gasteiger charge is 2.13. The van der Waals surface area contributed by atoms with E-state index in [2.05, 4.69) is 20.6 Å². The van der Waals surface area contributed by atoms with E-state index in [4.69, 9.17) is 11.5 Å². The van der Waals surface area contributed by atoms with Crippen molar-refractivity contribution < 1.29 is 4.79 Å². The van der Waals surface area contributed by atoms with Crippen molar-refractivity contribution in [2.75, 3.05) is 5.73 Å². The second-order valence-electron chi connectivity index (χ2n) is 4.15. The molecule has 1 heterocycles. The molecule has 2 rings (SSSR count). The number of anilines is 1. The van der Waals surface area contributed by atoms with Crippen molar-refractivity contribution in [3.8, 4) is 11.4 Å². The second kappa shape index (κ2) is 4.82. The Bertz CT molecular complexity index is 551. The van der Waals surface area contributed by atoms with E-state index in [0.29, 0.717) is 17.1 Å². The maximum atomic E-state index is 10.9. The van der Waals surface area contributed by atoms with E-state index in [-0.39, 0.29) is 18.2 Å². The van der Waals surface area contributed by atoms with Gasteiger partial charge >= 0.3 is 0 Å². The highest BCUT2D eigenvalue weighted by atomic mass is 16.1. The van der Waals surface area contributed by atoms with E-state index in [1.165, 1.54) is 0 Å². The number of primary amides is 1. The first-order chi connectivity index (χ1) is 8.58. The van der Waals surface area contributed by atoms with Crippen LogP contribution in [0.5, 0.6) is 0 Å². The maximum absolute atomic E-state index is 10.9. The van der Waals surface area contributed by atoms with Crippen molar-refractivity contribution in [3.63, 3.8) is 0 Å². The Labute approximate surface area is 104 Å². The monoisotopic (exact) mass is 246 g/mol. The fourth-order valence-electron chi connectivity index (χ4n) is 1.77. The number of nitrogens with zero attached hydrogens (tertiary/aromatic N) is 3. The van der Waals surface area contributed by atoms with Crippen LogP contribution in [0.15, 0.2) is 18.2 Å². The molecule has 2 aromatic rings. The van der Waals surface area contributed by atoms with Crippen LogP contribution < -0.4 is 11.5 Å². The van der Waals surface area contributed by atoms with Gasteiger partial charge in [-0.25, -0.2) is 0 Å². The molecule has 0 spiro atoms. The van der Waals surface area contributed by atoms with Gasteiger partial charge in [-0.3, -0.25) is 4.79 Å². The molecule has 1 aromatic heterocycles. The number of H-pyrrole nitrogens is 1. The standard InChI is InChI=1S/C11H14N6O/c1-6(4-10(13)18)7-2-3-9(12)8(5-7)11-14-16-17-15-11/h2-3,5-6H,4,12H2,1H3,(H2,13,18)(H,14,15,16,17). The number of nitrogens with two attached hydrogens (primary N) is 2. The fourth-order valence-corrected chi connectivity index (χ4v) is 1.77. The molecule has 0 fully saturated rings. The number of rotatable bonds is 4. The van der Waals surface area contributed by atoms with Gasteiger partial charge in [0, 0.05) is 17.7 Å². The first-order valence-corrected chi connectivity index (χ1v) is 5.49. The molecule has 0 bridgehead atoms. The Balaban J connectivity index is 2.35. The summed E-state index contributed by atoms with van der Waals surface area (Å²) in [6.45, 7) is 1.93. The summed E-state index contributed by atoms with van der Waals surface area (Å²) in [6.07, 6.45) is 0.287. The number of hydrogen-bond donors (Lipinski definition) is 3. The largest absolute Gasteiger partial charge is 0.398 e. The van der Waals surface area contributed by atoms with Crippen LogP contribution in [0.3, 0.4) is 0 Å². The van der Waals surface area contributed by atoms with Gasteiger partial charge in [0.25, 0.3) is 0 Å². The predicted octanol–water partition coefficient (Wildman–Crippen LogP) is 0.428. The molecule has 94 valence electrons. The smallest absolute Gasteiger partial charge is 0.218 e.